The fourth-order valence-electron chi connectivity index (χ4n) is 4.32. The fourth-order valence-corrected chi connectivity index (χ4v) is 4.32. The summed E-state index contributed by atoms with van der Waals surface area (Å²) in [5.74, 6) is 1.66. The predicted molar refractivity (Wildman–Crippen MR) is 108 cm³/mol. The molecule has 2 N–H and O–H groups in total. The summed E-state index contributed by atoms with van der Waals surface area (Å²) in [6, 6.07) is 7.87. The molecule has 1 atom stereocenters. The molecule has 2 aromatic rings. The van der Waals surface area contributed by atoms with Crippen molar-refractivity contribution in [3.8, 4) is 23.0 Å². The number of hydrogen-bond acceptors (Lipinski definition) is 5. The van der Waals surface area contributed by atoms with Crippen LogP contribution < -0.4 is 9.47 Å². The molecule has 2 aliphatic heterocycles. The quantitative estimate of drug-likeness (QED) is 0.777. The van der Waals surface area contributed by atoms with E-state index in [-0.39, 0.29) is 17.5 Å². The molecule has 28 heavy (non-hydrogen) atoms. The molecule has 5 heteroatoms. The Kier molecular flexibility index (Phi) is 5.36. The Hall–Kier alpha value is -2.40. The average Bonchev–Trinajstić information content (AvgIpc) is 2.70. The van der Waals surface area contributed by atoms with Crippen LogP contribution in [0.2, 0.25) is 0 Å². The van der Waals surface area contributed by atoms with Gasteiger partial charge in [-0.2, -0.15) is 0 Å². The Labute approximate surface area is 166 Å². The molecule has 4 rings (SSSR count). The highest BCUT2D eigenvalue weighted by Crippen LogP contribution is 2.45. The van der Waals surface area contributed by atoms with E-state index in [9.17, 15) is 10.2 Å². The molecule has 0 aliphatic carbocycles. The van der Waals surface area contributed by atoms with Crippen LogP contribution in [0.4, 0.5) is 0 Å². The first kappa shape index (κ1) is 18.9. The van der Waals surface area contributed by atoms with Crippen molar-refractivity contribution in [1.29, 1.82) is 0 Å². The van der Waals surface area contributed by atoms with Gasteiger partial charge < -0.3 is 19.7 Å². The van der Waals surface area contributed by atoms with Gasteiger partial charge in [-0.15, -0.1) is 0 Å². The molecule has 2 aromatic carbocycles. The molecule has 0 saturated carbocycles. The second kappa shape index (κ2) is 7.92. The average molecular weight is 383 g/mol. The normalized spacial score (nSPS) is 18.1. The number of hydrogen-bond donors (Lipinski definition) is 2. The molecule has 2 aliphatic rings. The van der Waals surface area contributed by atoms with Gasteiger partial charge in [-0.1, -0.05) is 19.9 Å². The number of fused-ring (bicyclic) bond motifs is 4. The molecule has 0 amide bonds. The third-order valence-electron chi connectivity index (χ3n) is 5.71. The molecular formula is C23H29NO4. The summed E-state index contributed by atoms with van der Waals surface area (Å²) in [5, 5.41) is 20.8. The van der Waals surface area contributed by atoms with Gasteiger partial charge in [0.15, 0.2) is 23.0 Å². The van der Waals surface area contributed by atoms with Crippen LogP contribution in [0, 0.1) is 0 Å². The maximum Gasteiger partial charge on any atom is 0.165 e. The summed E-state index contributed by atoms with van der Waals surface area (Å²) in [6.07, 6.45) is 3.59. The van der Waals surface area contributed by atoms with Crippen LogP contribution in [0.3, 0.4) is 0 Å². The van der Waals surface area contributed by atoms with Gasteiger partial charge in [-0.05, 0) is 60.6 Å². The van der Waals surface area contributed by atoms with E-state index in [1.165, 1.54) is 16.7 Å². The van der Waals surface area contributed by atoms with E-state index < -0.39 is 0 Å². The highest BCUT2D eigenvalue weighted by Gasteiger charge is 2.34. The van der Waals surface area contributed by atoms with Crippen molar-refractivity contribution in [2.24, 2.45) is 0 Å². The maximum absolute atomic E-state index is 10.5. The third kappa shape index (κ3) is 3.39. The van der Waals surface area contributed by atoms with E-state index in [0.717, 1.165) is 44.3 Å². The lowest BCUT2D eigenvalue weighted by Crippen LogP contribution is -2.39. The van der Waals surface area contributed by atoms with Crippen LogP contribution in [0.1, 0.15) is 55.0 Å². The third-order valence-corrected chi connectivity index (χ3v) is 5.71. The maximum atomic E-state index is 10.5. The molecule has 150 valence electrons. The van der Waals surface area contributed by atoms with Crippen molar-refractivity contribution in [2.45, 2.75) is 52.1 Å². The molecule has 0 unspecified atom stereocenters. The minimum atomic E-state index is 0.220. The number of aromatic hydroxyl groups is 2. The van der Waals surface area contributed by atoms with Gasteiger partial charge in [0.05, 0.1) is 13.2 Å². The van der Waals surface area contributed by atoms with Gasteiger partial charge in [0.2, 0.25) is 0 Å². The highest BCUT2D eigenvalue weighted by atomic mass is 16.5. The number of phenols is 2. The SMILES string of the molecule is CCCOc1cc2c(cc1O)[C@@H]1Cc3ccc(O)c(OCCC)c3CN1CC2. The minimum Gasteiger partial charge on any atom is -0.504 e. The van der Waals surface area contributed by atoms with Crippen molar-refractivity contribution in [1.82, 2.24) is 4.90 Å². The second-order valence-corrected chi connectivity index (χ2v) is 7.71. The molecule has 0 spiro atoms. The smallest absolute Gasteiger partial charge is 0.165 e. The van der Waals surface area contributed by atoms with Crippen molar-refractivity contribution < 1.29 is 19.7 Å². The van der Waals surface area contributed by atoms with Gasteiger partial charge in [0.25, 0.3) is 0 Å². The van der Waals surface area contributed by atoms with Crippen LogP contribution >= 0.6 is 0 Å². The molecule has 5 nitrogen and oxygen atoms in total. The molecular weight excluding hydrogens is 354 g/mol. The summed E-state index contributed by atoms with van der Waals surface area (Å²) < 4.78 is 11.6. The number of rotatable bonds is 6. The summed E-state index contributed by atoms with van der Waals surface area (Å²) in [7, 11) is 0. The van der Waals surface area contributed by atoms with E-state index >= 15 is 0 Å². The molecule has 0 aromatic heterocycles. The number of nitrogens with zero attached hydrogens (tertiary/aromatic N) is 1. The second-order valence-electron chi connectivity index (χ2n) is 7.71. The van der Waals surface area contributed by atoms with Gasteiger partial charge >= 0.3 is 0 Å². The zero-order valence-corrected chi connectivity index (χ0v) is 16.7. The Morgan fingerprint density at radius 2 is 1.79 bits per heavy atom. The van der Waals surface area contributed by atoms with Gasteiger partial charge in [0, 0.05) is 24.7 Å². The van der Waals surface area contributed by atoms with Crippen LogP contribution in [0.5, 0.6) is 23.0 Å². The first-order valence-electron chi connectivity index (χ1n) is 10.3. The van der Waals surface area contributed by atoms with E-state index in [1.54, 1.807) is 6.07 Å². The summed E-state index contributed by atoms with van der Waals surface area (Å²) in [6.45, 7) is 7.03. The van der Waals surface area contributed by atoms with Gasteiger partial charge in [-0.25, -0.2) is 0 Å². The molecule has 0 bridgehead atoms. The van der Waals surface area contributed by atoms with Crippen molar-refractivity contribution >= 4 is 0 Å². The van der Waals surface area contributed by atoms with Crippen LogP contribution in [0.25, 0.3) is 0 Å². The van der Waals surface area contributed by atoms with E-state index in [4.69, 9.17) is 9.47 Å². The van der Waals surface area contributed by atoms with Gasteiger partial charge in [0.1, 0.15) is 0 Å². The highest BCUT2D eigenvalue weighted by molar-refractivity contribution is 5.54. The zero-order chi connectivity index (χ0) is 19.7. The van der Waals surface area contributed by atoms with Crippen LogP contribution in [-0.2, 0) is 19.4 Å². The van der Waals surface area contributed by atoms with E-state index in [1.807, 2.05) is 18.2 Å². The first-order valence-corrected chi connectivity index (χ1v) is 10.3. The molecule has 0 fully saturated rings. The Balaban J connectivity index is 1.66. The molecule has 0 saturated heterocycles. The monoisotopic (exact) mass is 383 g/mol. The summed E-state index contributed by atoms with van der Waals surface area (Å²) >= 11 is 0. The lowest BCUT2D eigenvalue weighted by atomic mass is 9.83. The number of benzene rings is 2. The van der Waals surface area contributed by atoms with E-state index in [2.05, 4.69) is 18.7 Å². The van der Waals surface area contributed by atoms with Crippen molar-refractivity contribution in [2.75, 3.05) is 19.8 Å². The topological polar surface area (TPSA) is 62.2 Å². The largest absolute Gasteiger partial charge is 0.504 e. The Bertz CT molecular complexity index is 864. The minimum absolute atomic E-state index is 0.220. The van der Waals surface area contributed by atoms with Gasteiger partial charge in [-0.3, -0.25) is 4.90 Å². The van der Waals surface area contributed by atoms with E-state index in [0.29, 0.717) is 24.7 Å². The predicted octanol–water partition coefficient (Wildman–Crippen LogP) is 4.33. The number of phenolic OH excluding ortho intramolecular Hbond substituents is 2. The molecule has 0 radical (unpaired) electrons. The zero-order valence-electron chi connectivity index (χ0n) is 16.7. The first-order chi connectivity index (χ1) is 13.6. The molecule has 2 heterocycles. The Morgan fingerprint density at radius 1 is 1.00 bits per heavy atom. The van der Waals surface area contributed by atoms with Crippen LogP contribution in [-0.4, -0.2) is 34.9 Å². The van der Waals surface area contributed by atoms with Crippen molar-refractivity contribution in [3.05, 3.63) is 46.5 Å². The fraction of sp³-hybridized carbons (Fsp3) is 0.478. The number of ether oxygens (including phenoxy) is 2. The lowest BCUT2D eigenvalue weighted by Gasteiger charge is -2.42. The van der Waals surface area contributed by atoms with Crippen LogP contribution in [0.15, 0.2) is 24.3 Å². The summed E-state index contributed by atoms with van der Waals surface area (Å²) in [4.78, 5) is 2.43. The lowest BCUT2D eigenvalue weighted by molar-refractivity contribution is 0.155. The standard InChI is InChI=1S/C23H29NO4/c1-3-9-27-22-12-16-7-8-24-14-18-15(11-19(24)17(16)13-21(22)26)5-6-20(25)23(18)28-10-4-2/h5-6,12-13,19,25-26H,3-4,7-11,14H2,1-2H3/t19-/m0/s1. The summed E-state index contributed by atoms with van der Waals surface area (Å²) in [5.41, 5.74) is 4.75. The van der Waals surface area contributed by atoms with Crippen molar-refractivity contribution in [3.63, 3.8) is 0 Å². The Morgan fingerprint density at radius 3 is 2.57 bits per heavy atom.